The second-order valence-electron chi connectivity index (χ2n) is 5.87. The number of ether oxygens (including phenoxy) is 1. The van der Waals surface area contributed by atoms with Gasteiger partial charge in [0, 0.05) is 19.0 Å². The van der Waals surface area contributed by atoms with Gasteiger partial charge in [-0.15, -0.1) is 0 Å². The molecule has 0 heterocycles. The lowest BCUT2D eigenvalue weighted by Gasteiger charge is -2.07. The molecule has 4 nitrogen and oxygen atoms in total. The second kappa shape index (κ2) is 7.29. The first-order valence-electron chi connectivity index (χ1n) is 8.02. The van der Waals surface area contributed by atoms with E-state index in [1.54, 1.807) is 0 Å². The average molecular weight is 310 g/mol. The van der Waals surface area contributed by atoms with E-state index < -0.39 is 0 Å². The summed E-state index contributed by atoms with van der Waals surface area (Å²) in [7, 11) is 0. The molecular weight excluding hydrogens is 288 g/mol. The first kappa shape index (κ1) is 15.6. The third-order valence-corrected chi connectivity index (χ3v) is 4.13. The summed E-state index contributed by atoms with van der Waals surface area (Å²) in [4.78, 5) is 11.9. The molecule has 2 unspecified atom stereocenters. The van der Waals surface area contributed by atoms with Crippen LogP contribution in [0.4, 0.5) is 0 Å². The van der Waals surface area contributed by atoms with Gasteiger partial charge in [-0.1, -0.05) is 42.5 Å². The van der Waals surface area contributed by atoms with Crippen molar-refractivity contribution >= 4 is 5.91 Å². The molecule has 2 atom stereocenters. The smallest absolute Gasteiger partial charge is 0.223 e. The maximum Gasteiger partial charge on any atom is 0.223 e. The number of amides is 1. The molecule has 0 spiro atoms. The van der Waals surface area contributed by atoms with Gasteiger partial charge >= 0.3 is 0 Å². The predicted molar refractivity (Wildman–Crippen MR) is 90.1 cm³/mol. The predicted octanol–water partition coefficient (Wildman–Crippen LogP) is 2.44. The van der Waals surface area contributed by atoms with E-state index in [1.165, 1.54) is 5.56 Å². The van der Waals surface area contributed by atoms with Gasteiger partial charge in [0.05, 0.1) is 0 Å². The Kier molecular flexibility index (Phi) is 4.93. The lowest BCUT2D eigenvalue weighted by Crippen LogP contribution is -2.30. The number of nitrogens with two attached hydrogens (primary N) is 1. The van der Waals surface area contributed by atoms with Gasteiger partial charge in [0.25, 0.3) is 0 Å². The van der Waals surface area contributed by atoms with Crippen molar-refractivity contribution in [1.29, 1.82) is 0 Å². The summed E-state index contributed by atoms with van der Waals surface area (Å²) >= 11 is 0. The Balaban J connectivity index is 1.51. The standard InChI is InChI=1S/C19H22N2O2/c20-10-11-21-19(22)18-12-17(18)15-6-8-16(9-7-15)23-13-14-4-2-1-3-5-14/h1-9,17-18H,10-13,20H2,(H,21,22). The highest BCUT2D eigenvalue weighted by molar-refractivity contribution is 5.82. The number of rotatable bonds is 7. The van der Waals surface area contributed by atoms with Crippen molar-refractivity contribution in [3.8, 4) is 5.75 Å². The Morgan fingerprint density at radius 2 is 1.87 bits per heavy atom. The zero-order valence-electron chi connectivity index (χ0n) is 13.1. The van der Waals surface area contributed by atoms with Crippen molar-refractivity contribution in [2.45, 2.75) is 18.9 Å². The summed E-state index contributed by atoms with van der Waals surface area (Å²) in [6.07, 6.45) is 0.917. The fourth-order valence-corrected chi connectivity index (χ4v) is 2.73. The summed E-state index contributed by atoms with van der Waals surface area (Å²) in [5.41, 5.74) is 7.75. The highest BCUT2D eigenvalue weighted by Crippen LogP contribution is 2.47. The molecular formula is C19H22N2O2. The Morgan fingerprint density at radius 3 is 2.57 bits per heavy atom. The lowest BCUT2D eigenvalue weighted by atomic mass is 10.1. The number of benzene rings is 2. The van der Waals surface area contributed by atoms with Gasteiger partial charge in [-0.05, 0) is 35.6 Å². The van der Waals surface area contributed by atoms with E-state index in [1.807, 2.05) is 42.5 Å². The number of hydrogen-bond donors (Lipinski definition) is 2. The van der Waals surface area contributed by atoms with Crippen molar-refractivity contribution in [3.63, 3.8) is 0 Å². The number of carbonyl (C=O) groups is 1. The Hall–Kier alpha value is -2.33. The molecule has 0 radical (unpaired) electrons. The molecule has 0 aromatic heterocycles. The van der Waals surface area contributed by atoms with E-state index in [0.29, 0.717) is 25.6 Å². The van der Waals surface area contributed by atoms with Crippen LogP contribution in [0.3, 0.4) is 0 Å². The third-order valence-electron chi connectivity index (χ3n) is 4.13. The summed E-state index contributed by atoms with van der Waals surface area (Å²) < 4.78 is 5.78. The fraction of sp³-hybridized carbons (Fsp3) is 0.316. The normalized spacial score (nSPS) is 19.2. The Labute approximate surface area is 136 Å². The van der Waals surface area contributed by atoms with E-state index in [4.69, 9.17) is 10.5 Å². The Bertz CT molecular complexity index is 640. The van der Waals surface area contributed by atoms with E-state index in [-0.39, 0.29) is 11.8 Å². The van der Waals surface area contributed by atoms with E-state index >= 15 is 0 Å². The SMILES string of the molecule is NCCNC(=O)C1CC1c1ccc(OCc2ccccc2)cc1. The van der Waals surface area contributed by atoms with Gasteiger partial charge in [-0.25, -0.2) is 0 Å². The summed E-state index contributed by atoms with van der Waals surface area (Å²) in [5, 5.41) is 2.86. The highest BCUT2D eigenvalue weighted by atomic mass is 16.5. The van der Waals surface area contributed by atoms with Crippen LogP contribution in [0.5, 0.6) is 5.75 Å². The molecule has 3 N–H and O–H groups in total. The van der Waals surface area contributed by atoms with E-state index in [9.17, 15) is 4.79 Å². The van der Waals surface area contributed by atoms with Crippen molar-refractivity contribution in [2.24, 2.45) is 11.7 Å². The van der Waals surface area contributed by atoms with Crippen LogP contribution >= 0.6 is 0 Å². The minimum absolute atomic E-state index is 0.0950. The minimum atomic E-state index is 0.0950. The topological polar surface area (TPSA) is 64.3 Å². The molecule has 23 heavy (non-hydrogen) atoms. The maximum atomic E-state index is 11.9. The van der Waals surface area contributed by atoms with Gasteiger partial charge < -0.3 is 15.8 Å². The molecule has 0 aliphatic heterocycles. The van der Waals surface area contributed by atoms with Gasteiger partial charge in [0.1, 0.15) is 12.4 Å². The lowest BCUT2D eigenvalue weighted by molar-refractivity contribution is -0.122. The summed E-state index contributed by atoms with van der Waals surface area (Å²) in [5.74, 6) is 1.39. The maximum absolute atomic E-state index is 11.9. The summed E-state index contributed by atoms with van der Waals surface area (Å²) in [6, 6.07) is 18.2. The van der Waals surface area contributed by atoms with Crippen LogP contribution in [0, 0.1) is 5.92 Å². The first-order valence-corrected chi connectivity index (χ1v) is 8.02. The van der Waals surface area contributed by atoms with Crippen molar-refractivity contribution in [3.05, 3.63) is 65.7 Å². The molecule has 4 heteroatoms. The van der Waals surface area contributed by atoms with Crippen LogP contribution in [0.15, 0.2) is 54.6 Å². The van der Waals surface area contributed by atoms with E-state index in [2.05, 4.69) is 17.4 Å². The fourth-order valence-electron chi connectivity index (χ4n) is 2.73. The van der Waals surface area contributed by atoms with Crippen LogP contribution in [0.25, 0.3) is 0 Å². The van der Waals surface area contributed by atoms with Crippen molar-refractivity contribution in [2.75, 3.05) is 13.1 Å². The zero-order chi connectivity index (χ0) is 16.1. The van der Waals surface area contributed by atoms with Crippen LogP contribution < -0.4 is 15.8 Å². The van der Waals surface area contributed by atoms with Crippen molar-refractivity contribution < 1.29 is 9.53 Å². The number of carbonyl (C=O) groups excluding carboxylic acids is 1. The molecule has 2 aromatic carbocycles. The molecule has 1 saturated carbocycles. The van der Waals surface area contributed by atoms with Gasteiger partial charge in [-0.3, -0.25) is 4.79 Å². The van der Waals surface area contributed by atoms with E-state index in [0.717, 1.165) is 17.7 Å². The quantitative estimate of drug-likeness (QED) is 0.825. The number of nitrogens with one attached hydrogen (secondary N) is 1. The van der Waals surface area contributed by atoms with Crippen molar-refractivity contribution in [1.82, 2.24) is 5.32 Å². The highest BCUT2D eigenvalue weighted by Gasteiger charge is 2.43. The van der Waals surface area contributed by atoms with Gasteiger partial charge in [0.15, 0.2) is 0 Å². The largest absolute Gasteiger partial charge is 0.489 e. The van der Waals surface area contributed by atoms with Gasteiger partial charge in [-0.2, -0.15) is 0 Å². The molecule has 1 amide bonds. The molecule has 1 aliphatic carbocycles. The van der Waals surface area contributed by atoms with Crippen LogP contribution in [-0.2, 0) is 11.4 Å². The molecule has 120 valence electrons. The molecule has 0 saturated heterocycles. The molecule has 3 rings (SSSR count). The van der Waals surface area contributed by atoms with Gasteiger partial charge in [0.2, 0.25) is 5.91 Å². The monoisotopic (exact) mass is 310 g/mol. The average Bonchev–Trinajstić information content (AvgIpc) is 3.40. The van der Waals surface area contributed by atoms with Crippen LogP contribution in [0.2, 0.25) is 0 Å². The second-order valence-corrected chi connectivity index (χ2v) is 5.87. The first-order chi connectivity index (χ1) is 11.3. The molecule has 2 aromatic rings. The third kappa shape index (κ3) is 4.11. The van der Waals surface area contributed by atoms with Crippen LogP contribution in [0.1, 0.15) is 23.5 Å². The molecule has 1 fully saturated rings. The number of hydrogen-bond acceptors (Lipinski definition) is 3. The molecule has 0 bridgehead atoms. The zero-order valence-corrected chi connectivity index (χ0v) is 13.1. The molecule has 1 aliphatic rings. The summed E-state index contributed by atoms with van der Waals surface area (Å²) in [6.45, 7) is 1.60. The van der Waals surface area contributed by atoms with Crippen LogP contribution in [-0.4, -0.2) is 19.0 Å². The minimum Gasteiger partial charge on any atom is -0.489 e. The Morgan fingerprint density at radius 1 is 1.13 bits per heavy atom.